The number of amides is 1. The van der Waals surface area contributed by atoms with Crippen LogP contribution < -0.4 is 5.32 Å². The van der Waals surface area contributed by atoms with E-state index in [1.54, 1.807) is 24.3 Å². The van der Waals surface area contributed by atoms with Crippen molar-refractivity contribution < 1.29 is 9.90 Å². The highest BCUT2D eigenvalue weighted by Crippen LogP contribution is 2.27. The van der Waals surface area contributed by atoms with Gasteiger partial charge in [-0.05, 0) is 23.1 Å². The van der Waals surface area contributed by atoms with Crippen LogP contribution in [0.2, 0.25) is 0 Å². The maximum Gasteiger partial charge on any atom is 0.252 e. The molecule has 4 heteroatoms. The molecule has 2 aromatic rings. The number of nitriles is 1. The predicted molar refractivity (Wildman–Crippen MR) is 94.4 cm³/mol. The molecule has 124 valence electrons. The number of aliphatic hydroxyl groups is 1. The number of aliphatic hydroxyl groups excluding tert-OH is 1. The zero-order chi connectivity index (χ0) is 17.7. The zero-order valence-corrected chi connectivity index (χ0v) is 14.2. The minimum absolute atomic E-state index is 0.177. The number of hydrogen-bond acceptors (Lipinski definition) is 3. The molecule has 0 aromatic heterocycles. The minimum atomic E-state index is -0.639. The van der Waals surface area contributed by atoms with Crippen LogP contribution in [-0.4, -0.2) is 23.7 Å². The molecule has 0 heterocycles. The third kappa shape index (κ3) is 4.01. The van der Waals surface area contributed by atoms with Crippen LogP contribution in [0.4, 0.5) is 0 Å². The Morgan fingerprint density at radius 2 is 1.71 bits per heavy atom. The molecular weight excluding hydrogens is 300 g/mol. The summed E-state index contributed by atoms with van der Waals surface area (Å²) < 4.78 is 0. The molecule has 0 saturated carbocycles. The monoisotopic (exact) mass is 322 g/mol. The fourth-order valence-corrected chi connectivity index (χ4v) is 2.32. The summed E-state index contributed by atoms with van der Waals surface area (Å²) in [4.78, 5) is 12.6. The molecule has 24 heavy (non-hydrogen) atoms. The second kappa shape index (κ2) is 7.29. The van der Waals surface area contributed by atoms with E-state index in [0.717, 1.165) is 5.56 Å². The number of carbonyl (C=O) groups is 1. The van der Waals surface area contributed by atoms with Gasteiger partial charge in [-0.15, -0.1) is 0 Å². The van der Waals surface area contributed by atoms with Gasteiger partial charge >= 0.3 is 0 Å². The number of rotatable bonds is 4. The van der Waals surface area contributed by atoms with Gasteiger partial charge in [0.05, 0.1) is 17.7 Å². The van der Waals surface area contributed by atoms with Crippen molar-refractivity contribution in [1.29, 1.82) is 5.26 Å². The highest BCUT2D eigenvalue weighted by atomic mass is 16.3. The highest BCUT2D eigenvalue weighted by Gasteiger charge is 2.23. The lowest BCUT2D eigenvalue weighted by Gasteiger charge is -2.26. The number of carbonyl (C=O) groups excluding carboxylic acids is 1. The summed E-state index contributed by atoms with van der Waals surface area (Å²) >= 11 is 0. The largest absolute Gasteiger partial charge is 0.391 e. The van der Waals surface area contributed by atoms with Crippen molar-refractivity contribution in [3.05, 3.63) is 59.7 Å². The second-order valence-corrected chi connectivity index (χ2v) is 6.79. The first kappa shape index (κ1) is 17.7. The smallest absolute Gasteiger partial charge is 0.252 e. The van der Waals surface area contributed by atoms with Crippen LogP contribution >= 0.6 is 0 Å². The van der Waals surface area contributed by atoms with E-state index in [9.17, 15) is 15.2 Å². The predicted octanol–water partition coefficient (Wildman–Crippen LogP) is 3.36. The molecule has 0 saturated heterocycles. The summed E-state index contributed by atoms with van der Waals surface area (Å²) in [6.45, 7) is 5.93. The first-order valence-electron chi connectivity index (χ1n) is 7.89. The third-order valence-electron chi connectivity index (χ3n) is 3.97. The van der Waals surface area contributed by atoms with Crippen LogP contribution in [0.3, 0.4) is 0 Å². The van der Waals surface area contributed by atoms with Crippen LogP contribution in [0.1, 0.15) is 36.7 Å². The van der Waals surface area contributed by atoms with Crippen LogP contribution in [0.5, 0.6) is 0 Å². The average Bonchev–Trinajstić information content (AvgIpc) is 2.58. The summed E-state index contributed by atoms with van der Waals surface area (Å²) in [5, 5.41) is 22.2. The third-order valence-corrected chi connectivity index (χ3v) is 3.97. The van der Waals surface area contributed by atoms with E-state index >= 15 is 0 Å². The highest BCUT2D eigenvalue weighted by molar-refractivity contribution is 6.01. The van der Waals surface area contributed by atoms with Crippen LogP contribution in [-0.2, 0) is 0 Å². The van der Waals surface area contributed by atoms with Gasteiger partial charge in [-0.2, -0.15) is 5.26 Å². The van der Waals surface area contributed by atoms with Crippen molar-refractivity contribution in [3.8, 4) is 17.2 Å². The Kier molecular flexibility index (Phi) is 5.38. The lowest BCUT2D eigenvalue weighted by Crippen LogP contribution is -2.39. The number of benzene rings is 2. The molecule has 2 aromatic carbocycles. The topological polar surface area (TPSA) is 73.1 Å². The maximum atomic E-state index is 12.6. The molecule has 4 nitrogen and oxygen atoms in total. The second-order valence-electron chi connectivity index (χ2n) is 6.79. The Bertz CT molecular complexity index is 770. The molecule has 0 aliphatic heterocycles. The summed E-state index contributed by atoms with van der Waals surface area (Å²) in [5.74, 6) is -0.262. The van der Waals surface area contributed by atoms with Crippen molar-refractivity contribution in [2.24, 2.45) is 5.41 Å². The number of nitrogens with zero attached hydrogens (tertiary/aromatic N) is 1. The Hall–Kier alpha value is -2.64. The van der Waals surface area contributed by atoms with Gasteiger partial charge in [-0.3, -0.25) is 4.79 Å². The Morgan fingerprint density at radius 1 is 1.12 bits per heavy atom. The van der Waals surface area contributed by atoms with E-state index < -0.39 is 6.10 Å². The Labute approximate surface area is 142 Å². The fraction of sp³-hybridized carbons (Fsp3) is 0.300. The van der Waals surface area contributed by atoms with E-state index in [4.69, 9.17) is 0 Å². The molecular formula is C20H22N2O2. The molecule has 1 amide bonds. The van der Waals surface area contributed by atoms with Gasteiger partial charge in [0.15, 0.2) is 0 Å². The van der Waals surface area contributed by atoms with Crippen LogP contribution in [0.25, 0.3) is 11.1 Å². The van der Waals surface area contributed by atoms with Gasteiger partial charge in [0.1, 0.15) is 0 Å². The molecule has 0 aliphatic rings. The molecule has 0 fully saturated rings. The molecule has 0 bridgehead atoms. The first-order chi connectivity index (χ1) is 11.3. The number of hydrogen-bond donors (Lipinski definition) is 2. The van der Waals surface area contributed by atoms with Crippen molar-refractivity contribution in [1.82, 2.24) is 5.32 Å². The zero-order valence-electron chi connectivity index (χ0n) is 14.2. The Morgan fingerprint density at radius 3 is 2.33 bits per heavy atom. The normalized spacial score (nSPS) is 12.3. The lowest BCUT2D eigenvalue weighted by atomic mass is 9.89. The lowest BCUT2D eigenvalue weighted by molar-refractivity contribution is 0.0587. The van der Waals surface area contributed by atoms with E-state index in [1.165, 1.54) is 0 Å². The summed E-state index contributed by atoms with van der Waals surface area (Å²) in [5.41, 5.74) is 2.13. The summed E-state index contributed by atoms with van der Waals surface area (Å²) in [6.07, 6.45) is -0.639. The van der Waals surface area contributed by atoms with Crippen molar-refractivity contribution in [2.75, 3.05) is 6.54 Å². The molecule has 2 N–H and O–H groups in total. The molecule has 0 radical (unpaired) electrons. The molecule has 0 aliphatic carbocycles. The minimum Gasteiger partial charge on any atom is -0.391 e. The molecule has 2 rings (SSSR count). The summed E-state index contributed by atoms with van der Waals surface area (Å²) in [6, 6.07) is 16.5. The van der Waals surface area contributed by atoms with Gasteiger partial charge in [0, 0.05) is 17.7 Å². The van der Waals surface area contributed by atoms with Crippen molar-refractivity contribution in [3.63, 3.8) is 0 Å². The Balaban J connectivity index is 2.30. The van der Waals surface area contributed by atoms with Crippen LogP contribution in [0, 0.1) is 16.7 Å². The quantitative estimate of drug-likeness (QED) is 0.906. The van der Waals surface area contributed by atoms with Crippen LogP contribution in [0.15, 0.2) is 48.5 Å². The van der Waals surface area contributed by atoms with Gasteiger partial charge in [-0.25, -0.2) is 0 Å². The number of nitrogens with one attached hydrogen (secondary N) is 1. The van der Waals surface area contributed by atoms with Crippen molar-refractivity contribution >= 4 is 5.91 Å². The van der Waals surface area contributed by atoms with Gasteiger partial charge in [0.2, 0.25) is 0 Å². The molecule has 1 unspecified atom stereocenters. The van der Waals surface area contributed by atoms with Gasteiger partial charge in [0.25, 0.3) is 5.91 Å². The van der Waals surface area contributed by atoms with Crippen molar-refractivity contribution in [2.45, 2.75) is 26.9 Å². The van der Waals surface area contributed by atoms with E-state index in [2.05, 4.69) is 11.4 Å². The molecule has 1 atom stereocenters. The van der Waals surface area contributed by atoms with Gasteiger partial charge < -0.3 is 10.4 Å². The SMILES string of the molecule is CC(C)(C)C(O)CNC(=O)c1ccccc1-c1ccccc1C#N. The standard InChI is InChI=1S/C20H22N2O2/c1-20(2,3)18(23)13-22-19(24)17-11-7-6-10-16(17)15-9-5-4-8-14(15)12-21/h4-11,18,23H,13H2,1-3H3,(H,22,24). The van der Waals surface area contributed by atoms with Gasteiger partial charge in [-0.1, -0.05) is 57.2 Å². The average molecular weight is 322 g/mol. The first-order valence-corrected chi connectivity index (χ1v) is 7.89. The maximum absolute atomic E-state index is 12.6. The molecule has 0 spiro atoms. The van der Waals surface area contributed by atoms with E-state index in [-0.39, 0.29) is 17.9 Å². The summed E-state index contributed by atoms with van der Waals surface area (Å²) in [7, 11) is 0. The van der Waals surface area contributed by atoms with E-state index in [1.807, 2.05) is 45.0 Å². The fourth-order valence-electron chi connectivity index (χ4n) is 2.32. The van der Waals surface area contributed by atoms with E-state index in [0.29, 0.717) is 16.7 Å².